The third-order valence-corrected chi connectivity index (χ3v) is 4.61. The molecule has 0 atom stereocenters. The van der Waals surface area contributed by atoms with Crippen LogP contribution in [-0.2, 0) is 10.9 Å². The summed E-state index contributed by atoms with van der Waals surface area (Å²) >= 11 is 4.87. The summed E-state index contributed by atoms with van der Waals surface area (Å²) in [5, 5.41) is 6.47. The van der Waals surface area contributed by atoms with Gasteiger partial charge in [0.1, 0.15) is 0 Å². The summed E-state index contributed by atoms with van der Waals surface area (Å²) in [6.07, 6.45) is 5.98. The Labute approximate surface area is 152 Å². The molecule has 2 heterocycles. The van der Waals surface area contributed by atoms with Crippen LogP contribution in [0, 0.1) is 0 Å². The summed E-state index contributed by atoms with van der Waals surface area (Å²) in [5.74, 6) is -0.637. The molecule has 1 fully saturated rings. The zero-order valence-corrected chi connectivity index (χ0v) is 14.2. The zero-order valence-electron chi connectivity index (χ0n) is 13.5. The Morgan fingerprint density at radius 2 is 1.77 bits per heavy atom. The second-order valence-corrected chi connectivity index (χ2v) is 6.61. The lowest BCUT2D eigenvalue weighted by Crippen LogP contribution is -2.42. The third kappa shape index (κ3) is 3.12. The molecule has 2 aromatic heterocycles. The highest BCUT2D eigenvalue weighted by Gasteiger charge is 2.39. The van der Waals surface area contributed by atoms with E-state index in [0.717, 1.165) is 19.3 Å². The SMILES string of the molecule is FC(F)(Cl)c1nnc(-c2cnc(NC3(c4ccccc4)CCC3)nc2)o1. The molecule has 0 aliphatic heterocycles. The summed E-state index contributed by atoms with van der Waals surface area (Å²) in [6.45, 7) is 0. The minimum Gasteiger partial charge on any atom is -0.414 e. The smallest absolute Gasteiger partial charge is 0.399 e. The predicted octanol–water partition coefficient (Wildman–Crippen LogP) is 4.31. The number of benzene rings is 1. The summed E-state index contributed by atoms with van der Waals surface area (Å²) in [6, 6.07) is 10.1. The Morgan fingerprint density at radius 1 is 1.08 bits per heavy atom. The molecule has 9 heteroatoms. The first-order chi connectivity index (χ1) is 12.5. The van der Waals surface area contributed by atoms with Crippen molar-refractivity contribution in [3.8, 4) is 11.5 Å². The molecule has 1 saturated carbocycles. The Hall–Kier alpha value is -2.61. The van der Waals surface area contributed by atoms with Gasteiger partial charge >= 0.3 is 11.3 Å². The number of hydrogen-bond donors (Lipinski definition) is 1. The number of alkyl halides is 3. The first kappa shape index (κ1) is 16.8. The third-order valence-electron chi connectivity index (χ3n) is 4.45. The number of nitrogens with zero attached hydrogens (tertiary/aromatic N) is 4. The summed E-state index contributed by atoms with van der Waals surface area (Å²) in [5.41, 5.74) is 1.34. The molecule has 1 aliphatic carbocycles. The van der Waals surface area contributed by atoms with Crippen molar-refractivity contribution >= 4 is 17.5 Å². The Bertz CT molecular complexity index is 892. The summed E-state index contributed by atoms with van der Waals surface area (Å²) < 4.78 is 30.8. The Morgan fingerprint density at radius 3 is 2.31 bits per heavy atom. The minimum absolute atomic E-state index is 0.117. The molecular formula is C17H14ClF2N5O. The molecule has 4 rings (SSSR count). The van der Waals surface area contributed by atoms with Crippen LogP contribution in [0.25, 0.3) is 11.5 Å². The molecular weight excluding hydrogens is 364 g/mol. The van der Waals surface area contributed by atoms with Crippen molar-refractivity contribution in [3.63, 3.8) is 0 Å². The molecule has 26 heavy (non-hydrogen) atoms. The summed E-state index contributed by atoms with van der Waals surface area (Å²) in [4.78, 5) is 8.50. The molecule has 3 aromatic rings. The predicted molar refractivity (Wildman–Crippen MR) is 90.7 cm³/mol. The van der Waals surface area contributed by atoms with E-state index in [9.17, 15) is 8.78 Å². The normalized spacial score (nSPS) is 16.1. The van der Waals surface area contributed by atoms with Crippen LogP contribution in [0.3, 0.4) is 0 Å². The number of nitrogens with one attached hydrogen (secondary N) is 1. The van der Waals surface area contributed by atoms with Crippen LogP contribution in [0.4, 0.5) is 14.7 Å². The lowest BCUT2D eigenvalue weighted by Gasteiger charge is -2.43. The Kier molecular flexibility index (Phi) is 4.07. The Balaban J connectivity index is 1.54. The van der Waals surface area contributed by atoms with Crippen molar-refractivity contribution in [2.45, 2.75) is 30.2 Å². The van der Waals surface area contributed by atoms with Crippen LogP contribution in [0.1, 0.15) is 30.7 Å². The second kappa shape index (κ2) is 6.28. The highest BCUT2D eigenvalue weighted by molar-refractivity contribution is 6.21. The van der Waals surface area contributed by atoms with Gasteiger partial charge in [0.05, 0.1) is 11.1 Å². The molecule has 134 valence electrons. The van der Waals surface area contributed by atoms with Gasteiger partial charge in [-0.1, -0.05) is 30.3 Å². The van der Waals surface area contributed by atoms with Crippen LogP contribution in [0.2, 0.25) is 0 Å². The van der Waals surface area contributed by atoms with Gasteiger partial charge in [-0.2, -0.15) is 8.78 Å². The fourth-order valence-electron chi connectivity index (χ4n) is 2.94. The number of rotatable bonds is 5. The molecule has 0 unspecified atom stereocenters. The molecule has 1 N–H and O–H groups in total. The fourth-order valence-corrected chi connectivity index (χ4v) is 3.02. The molecule has 0 saturated heterocycles. The van der Waals surface area contributed by atoms with Gasteiger partial charge in [0, 0.05) is 12.4 Å². The first-order valence-corrected chi connectivity index (χ1v) is 8.41. The monoisotopic (exact) mass is 377 g/mol. The number of anilines is 1. The second-order valence-electron chi connectivity index (χ2n) is 6.13. The van der Waals surface area contributed by atoms with Crippen molar-refractivity contribution in [3.05, 3.63) is 54.2 Å². The number of hydrogen-bond acceptors (Lipinski definition) is 6. The highest BCUT2D eigenvalue weighted by atomic mass is 35.5. The molecule has 0 spiro atoms. The van der Waals surface area contributed by atoms with Gasteiger partial charge in [0.15, 0.2) is 0 Å². The maximum absolute atomic E-state index is 13.0. The van der Waals surface area contributed by atoms with E-state index in [1.165, 1.54) is 18.0 Å². The maximum Gasteiger partial charge on any atom is 0.399 e. The van der Waals surface area contributed by atoms with E-state index in [0.29, 0.717) is 11.5 Å². The van der Waals surface area contributed by atoms with Crippen LogP contribution in [-0.4, -0.2) is 20.2 Å². The number of aromatic nitrogens is 4. The standard InChI is InChI=1S/C17H14ClF2N5O/c18-17(19,20)14-25-24-13(26-14)11-9-21-15(22-10-11)23-16(7-4-8-16)12-5-2-1-3-6-12/h1-3,5-6,9-10H,4,7-8H2,(H,21,22,23). The van der Waals surface area contributed by atoms with Gasteiger partial charge < -0.3 is 9.73 Å². The largest absolute Gasteiger partial charge is 0.414 e. The van der Waals surface area contributed by atoms with Gasteiger partial charge in [0.25, 0.3) is 5.89 Å². The van der Waals surface area contributed by atoms with Gasteiger partial charge in [-0.05, 0) is 36.4 Å². The average molecular weight is 378 g/mol. The molecule has 1 aliphatic rings. The number of halogens is 3. The first-order valence-electron chi connectivity index (χ1n) is 8.03. The van der Waals surface area contributed by atoms with Crippen molar-refractivity contribution in [2.24, 2.45) is 0 Å². The van der Waals surface area contributed by atoms with Crippen molar-refractivity contribution in [1.82, 2.24) is 20.2 Å². The van der Waals surface area contributed by atoms with E-state index in [4.69, 9.17) is 16.0 Å². The van der Waals surface area contributed by atoms with E-state index >= 15 is 0 Å². The average Bonchev–Trinajstić information content (AvgIpc) is 3.10. The van der Waals surface area contributed by atoms with E-state index < -0.39 is 11.3 Å². The quantitative estimate of drug-likeness (QED) is 0.668. The molecule has 0 bridgehead atoms. The van der Waals surface area contributed by atoms with Crippen molar-refractivity contribution < 1.29 is 13.2 Å². The maximum atomic E-state index is 13.0. The molecule has 0 amide bonds. The minimum atomic E-state index is -3.71. The van der Waals surface area contributed by atoms with Crippen molar-refractivity contribution in [2.75, 3.05) is 5.32 Å². The zero-order chi connectivity index (χ0) is 18.2. The summed E-state index contributed by atoms with van der Waals surface area (Å²) in [7, 11) is 0. The lowest BCUT2D eigenvalue weighted by atomic mass is 9.72. The van der Waals surface area contributed by atoms with Gasteiger partial charge in [0.2, 0.25) is 5.95 Å². The van der Waals surface area contributed by atoms with Gasteiger partial charge in [-0.25, -0.2) is 9.97 Å². The van der Waals surface area contributed by atoms with Gasteiger partial charge in [-0.15, -0.1) is 10.2 Å². The van der Waals surface area contributed by atoms with E-state index in [1.807, 2.05) is 18.2 Å². The van der Waals surface area contributed by atoms with Gasteiger partial charge in [-0.3, -0.25) is 0 Å². The highest BCUT2D eigenvalue weighted by Crippen LogP contribution is 2.43. The van der Waals surface area contributed by atoms with Crippen molar-refractivity contribution in [1.29, 1.82) is 0 Å². The molecule has 0 radical (unpaired) electrons. The van der Waals surface area contributed by atoms with Crippen LogP contribution in [0.15, 0.2) is 47.1 Å². The fraction of sp³-hybridized carbons (Fsp3) is 0.294. The van der Waals surface area contributed by atoms with Crippen LogP contribution < -0.4 is 5.32 Å². The molecule has 1 aromatic carbocycles. The lowest BCUT2D eigenvalue weighted by molar-refractivity contribution is 0.0626. The van der Waals surface area contributed by atoms with Crippen LogP contribution >= 0.6 is 11.6 Å². The van der Waals surface area contributed by atoms with E-state index in [-0.39, 0.29) is 11.4 Å². The van der Waals surface area contributed by atoms with E-state index in [2.05, 4.69) is 37.6 Å². The van der Waals surface area contributed by atoms with Crippen LogP contribution in [0.5, 0.6) is 0 Å². The topological polar surface area (TPSA) is 76.7 Å². The molecule has 6 nitrogen and oxygen atoms in total. The van der Waals surface area contributed by atoms with E-state index in [1.54, 1.807) is 0 Å².